The van der Waals surface area contributed by atoms with Crippen LogP contribution in [0.25, 0.3) is 16.8 Å². The fraction of sp³-hybridized carbons (Fsp3) is 0.120. The Morgan fingerprint density at radius 3 is 2.29 bits per heavy atom. The predicted molar refractivity (Wildman–Crippen MR) is 124 cm³/mol. The van der Waals surface area contributed by atoms with E-state index in [9.17, 15) is 9.00 Å². The monoisotopic (exact) mass is 427 g/mol. The largest absolute Gasteiger partial charge is 0.306 e. The molecule has 1 atom stereocenters. The Labute approximate surface area is 183 Å². The van der Waals surface area contributed by atoms with Crippen molar-refractivity contribution in [3.8, 4) is 16.8 Å². The molecule has 0 saturated carbocycles. The quantitative estimate of drug-likeness (QED) is 0.506. The first kappa shape index (κ1) is 19.5. The third-order valence-electron chi connectivity index (χ3n) is 5.43. The lowest BCUT2D eigenvalue weighted by Crippen LogP contribution is -2.16. The van der Waals surface area contributed by atoms with Crippen molar-refractivity contribution >= 4 is 22.5 Å². The Bertz CT molecular complexity index is 1280. The Hall–Kier alpha value is -3.51. The normalized spacial score (nSPS) is 14.9. The minimum absolute atomic E-state index is 0.214. The van der Waals surface area contributed by atoms with Crippen LogP contribution >= 0.6 is 0 Å². The molecule has 1 aromatic heterocycles. The molecule has 6 heteroatoms. The summed E-state index contributed by atoms with van der Waals surface area (Å²) in [7, 11) is -0.978. The van der Waals surface area contributed by atoms with Gasteiger partial charge in [0.05, 0.1) is 22.9 Å². The topological polar surface area (TPSA) is 64.0 Å². The molecule has 5 rings (SSSR count). The van der Waals surface area contributed by atoms with Gasteiger partial charge >= 0.3 is 0 Å². The van der Waals surface area contributed by atoms with Gasteiger partial charge < -0.3 is 5.32 Å². The summed E-state index contributed by atoms with van der Waals surface area (Å²) < 4.78 is 13.8. The SMILES string of the molecule is Cc1ccc(-n2nc3c(c2NC(=O)c2ccc(-c4ccccc4)cc2)CS(=O)C3)cc1. The van der Waals surface area contributed by atoms with Gasteiger partial charge in [0.1, 0.15) is 5.82 Å². The Morgan fingerprint density at radius 1 is 0.903 bits per heavy atom. The van der Waals surface area contributed by atoms with Crippen molar-refractivity contribution < 1.29 is 9.00 Å². The van der Waals surface area contributed by atoms with Crippen LogP contribution in [0.2, 0.25) is 0 Å². The number of fused-ring (bicyclic) bond motifs is 1. The summed E-state index contributed by atoms with van der Waals surface area (Å²) in [4.78, 5) is 13.1. The van der Waals surface area contributed by atoms with Gasteiger partial charge in [-0.15, -0.1) is 0 Å². The minimum Gasteiger partial charge on any atom is -0.306 e. The summed E-state index contributed by atoms with van der Waals surface area (Å²) in [5, 5.41) is 7.68. The van der Waals surface area contributed by atoms with Crippen LogP contribution in [0.3, 0.4) is 0 Å². The van der Waals surface area contributed by atoms with Gasteiger partial charge in [-0.25, -0.2) is 4.68 Å². The molecular formula is C25H21N3O2S. The smallest absolute Gasteiger partial charge is 0.256 e. The number of benzene rings is 3. The lowest BCUT2D eigenvalue weighted by atomic mass is 10.0. The first-order valence-electron chi connectivity index (χ1n) is 10.1. The Kier molecular flexibility index (Phi) is 5.00. The molecule has 2 heterocycles. The summed E-state index contributed by atoms with van der Waals surface area (Å²) in [6.07, 6.45) is 0. The van der Waals surface area contributed by atoms with Crippen LogP contribution in [0.5, 0.6) is 0 Å². The third-order valence-corrected chi connectivity index (χ3v) is 6.64. The molecule has 0 fully saturated rings. The molecule has 0 radical (unpaired) electrons. The van der Waals surface area contributed by atoms with E-state index in [-0.39, 0.29) is 5.91 Å². The van der Waals surface area contributed by atoms with Crippen molar-refractivity contribution in [3.63, 3.8) is 0 Å². The van der Waals surface area contributed by atoms with Crippen LogP contribution in [-0.4, -0.2) is 19.9 Å². The molecule has 0 saturated heterocycles. The molecular weight excluding hydrogens is 406 g/mol. The Balaban J connectivity index is 1.46. The first-order valence-corrected chi connectivity index (χ1v) is 11.6. The fourth-order valence-corrected chi connectivity index (χ4v) is 5.02. The number of carbonyl (C=O) groups excluding carboxylic acids is 1. The number of amides is 1. The predicted octanol–water partition coefficient (Wildman–Crippen LogP) is 4.86. The van der Waals surface area contributed by atoms with E-state index in [2.05, 4.69) is 10.4 Å². The standard InChI is InChI=1S/C25H21N3O2S/c1-17-7-13-21(14-8-17)28-24(22-15-31(30)16-23(22)27-28)26-25(29)20-11-9-19(10-12-20)18-5-3-2-4-6-18/h2-14H,15-16H2,1H3,(H,26,29). The summed E-state index contributed by atoms with van der Waals surface area (Å²) >= 11 is 0. The average molecular weight is 428 g/mol. The van der Waals surface area contributed by atoms with Crippen LogP contribution in [-0.2, 0) is 22.3 Å². The van der Waals surface area contributed by atoms with Gasteiger partial charge in [-0.3, -0.25) is 9.00 Å². The zero-order valence-corrected chi connectivity index (χ0v) is 17.9. The fourth-order valence-electron chi connectivity index (χ4n) is 3.75. The van der Waals surface area contributed by atoms with Gasteiger partial charge in [0, 0.05) is 21.9 Å². The van der Waals surface area contributed by atoms with Gasteiger partial charge in [-0.05, 0) is 42.3 Å². The maximum atomic E-state index is 13.1. The summed E-state index contributed by atoms with van der Waals surface area (Å²) in [5.41, 5.74) is 6.37. The van der Waals surface area contributed by atoms with E-state index in [1.54, 1.807) is 4.68 Å². The number of hydrogen-bond donors (Lipinski definition) is 1. The van der Waals surface area contributed by atoms with Crippen LogP contribution in [0, 0.1) is 6.92 Å². The summed E-state index contributed by atoms with van der Waals surface area (Å²) in [6, 6.07) is 25.5. The second-order valence-corrected chi connectivity index (χ2v) is 9.10. The number of aromatic nitrogens is 2. The van der Waals surface area contributed by atoms with E-state index >= 15 is 0 Å². The molecule has 1 unspecified atom stereocenters. The number of aryl methyl sites for hydroxylation is 1. The van der Waals surface area contributed by atoms with Crippen molar-refractivity contribution in [1.29, 1.82) is 0 Å². The molecule has 0 bridgehead atoms. The van der Waals surface area contributed by atoms with Gasteiger partial charge in [0.2, 0.25) is 0 Å². The summed E-state index contributed by atoms with van der Waals surface area (Å²) in [6.45, 7) is 2.03. The summed E-state index contributed by atoms with van der Waals surface area (Å²) in [5.74, 6) is 1.21. The van der Waals surface area contributed by atoms with Gasteiger partial charge in [-0.2, -0.15) is 5.10 Å². The number of nitrogens with zero attached hydrogens (tertiary/aromatic N) is 2. The van der Waals surface area contributed by atoms with E-state index in [4.69, 9.17) is 0 Å². The number of anilines is 1. The van der Waals surface area contributed by atoms with Crippen LogP contribution in [0.15, 0.2) is 78.9 Å². The molecule has 1 aliphatic rings. The van der Waals surface area contributed by atoms with E-state index in [1.807, 2.05) is 85.8 Å². The van der Waals surface area contributed by atoms with Crippen LogP contribution < -0.4 is 5.32 Å². The molecule has 0 aliphatic carbocycles. The van der Waals surface area contributed by atoms with Crippen molar-refractivity contribution in [3.05, 3.63) is 101 Å². The second-order valence-electron chi connectivity index (χ2n) is 7.65. The highest BCUT2D eigenvalue weighted by atomic mass is 32.2. The highest BCUT2D eigenvalue weighted by molar-refractivity contribution is 7.83. The molecule has 31 heavy (non-hydrogen) atoms. The lowest BCUT2D eigenvalue weighted by Gasteiger charge is -2.12. The van der Waals surface area contributed by atoms with Gasteiger partial charge in [0.15, 0.2) is 0 Å². The highest BCUT2D eigenvalue weighted by Crippen LogP contribution is 2.32. The number of nitrogens with one attached hydrogen (secondary N) is 1. The minimum atomic E-state index is -0.978. The maximum Gasteiger partial charge on any atom is 0.256 e. The van der Waals surface area contributed by atoms with E-state index in [0.29, 0.717) is 22.9 Å². The average Bonchev–Trinajstić information content (AvgIpc) is 3.32. The van der Waals surface area contributed by atoms with Crippen molar-refractivity contribution in [2.75, 3.05) is 5.32 Å². The molecule has 0 spiro atoms. The van der Waals surface area contributed by atoms with Gasteiger partial charge in [0.25, 0.3) is 5.91 Å². The number of carbonyl (C=O) groups is 1. The van der Waals surface area contributed by atoms with Crippen LogP contribution in [0.4, 0.5) is 5.82 Å². The highest BCUT2D eigenvalue weighted by Gasteiger charge is 2.28. The zero-order chi connectivity index (χ0) is 21.4. The van der Waals surface area contributed by atoms with Crippen LogP contribution in [0.1, 0.15) is 27.2 Å². The second kappa shape index (κ2) is 7.96. The lowest BCUT2D eigenvalue weighted by molar-refractivity contribution is 0.102. The molecule has 4 aromatic rings. The molecule has 3 aromatic carbocycles. The first-order chi connectivity index (χ1) is 15.1. The molecule has 154 valence electrons. The molecule has 1 N–H and O–H groups in total. The maximum absolute atomic E-state index is 13.1. The molecule has 1 amide bonds. The van der Waals surface area contributed by atoms with E-state index < -0.39 is 10.8 Å². The molecule has 1 aliphatic heterocycles. The third kappa shape index (κ3) is 3.82. The van der Waals surface area contributed by atoms with E-state index in [0.717, 1.165) is 33.6 Å². The van der Waals surface area contributed by atoms with Gasteiger partial charge in [-0.1, -0.05) is 60.2 Å². The molecule has 5 nitrogen and oxygen atoms in total. The van der Waals surface area contributed by atoms with Crippen molar-refractivity contribution in [2.45, 2.75) is 18.4 Å². The Morgan fingerprint density at radius 2 is 1.58 bits per heavy atom. The number of rotatable bonds is 4. The zero-order valence-electron chi connectivity index (χ0n) is 17.0. The van der Waals surface area contributed by atoms with E-state index in [1.165, 1.54) is 0 Å². The number of hydrogen-bond acceptors (Lipinski definition) is 3. The van der Waals surface area contributed by atoms with Crippen molar-refractivity contribution in [1.82, 2.24) is 9.78 Å². The van der Waals surface area contributed by atoms with Crippen molar-refractivity contribution in [2.24, 2.45) is 0 Å².